The van der Waals surface area contributed by atoms with Crippen molar-refractivity contribution < 1.29 is 5.11 Å². The molecule has 0 aliphatic carbocycles. The number of likely N-dealkylation sites (tertiary alicyclic amines) is 1. The zero-order valence-electron chi connectivity index (χ0n) is 12.0. The molecular formula is C16H26N2O. The Morgan fingerprint density at radius 3 is 2.37 bits per heavy atom. The predicted octanol–water partition coefficient (Wildman–Crippen LogP) is 2.67. The summed E-state index contributed by atoms with van der Waals surface area (Å²) in [5, 5.41) is 10.2. The summed E-state index contributed by atoms with van der Waals surface area (Å²) in [5.74, 6) is 1.55. The molecule has 0 saturated carbocycles. The van der Waals surface area contributed by atoms with Crippen molar-refractivity contribution in [2.45, 2.75) is 32.8 Å². The first kappa shape index (κ1) is 14.4. The van der Waals surface area contributed by atoms with E-state index in [0.29, 0.717) is 0 Å². The number of aliphatic hydroxyl groups excluding tert-OH is 1. The first-order valence-electron chi connectivity index (χ1n) is 7.30. The molecule has 0 amide bonds. The van der Waals surface area contributed by atoms with E-state index in [1.54, 1.807) is 0 Å². The quantitative estimate of drug-likeness (QED) is 0.820. The molecule has 1 fully saturated rings. The van der Waals surface area contributed by atoms with Crippen molar-refractivity contribution in [2.75, 3.05) is 25.4 Å². The lowest BCUT2D eigenvalue weighted by molar-refractivity contribution is 0.103. The molecule has 3 nitrogen and oxygen atoms in total. The number of nitrogen functional groups attached to an aromatic ring is 1. The van der Waals surface area contributed by atoms with Crippen LogP contribution in [0.4, 0.5) is 5.69 Å². The number of hydrogen-bond donors (Lipinski definition) is 2. The van der Waals surface area contributed by atoms with Crippen LogP contribution in [0.3, 0.4) is 0 Å². The fourth-order valence-corrected chi connectivity index (χ4v) is 3.16. The summed E-state index contributed by atoms with van der Waals surface area (Å²) in [7, 11) is 0. The number of benzene rings is 1. The average Bonchev–Trinajstić information content (AvgIpc) is 2.36. The summed E-state index contributed by atoms with van der Waals surface area (Å²) in [6.07, 6.45) is 1.74. The topological polar surface area (TPSA) is 49.5 Å². The number of anilines is 1. The number of hydrogen-bond acceptors (Lipinski definition) is 3. The second-order valence-corrected chi connectivity index (χ2v) is 6.18. The van der Waals surface area contributed by atoms with Crippen molar-refractivity contribution in [3.05, 3.63) is 29.8 Å². The van der Waals surface area contributed by atoms with Gasteiger partial charge in [0.1, 0.15) is 0 Å². The van der Waals surface area contributed by atoms with Gasteiger partial charge in [-0.1, -0.05) is 26.0 Å². The van der Waals surface area contributed by atoms with Gasteiger partial charge >= 0.3 is 0 Å². The van der Waals surface area contributed by atoms with E-state index in [9.17, 15) is 5.11 Å². The molecule has 3 N–H and O–H groups in total. The third-order valence-corrected chi connectivity index (χ3v) is 3.98. The fraction of sp³-hybridized carbons (Fsp3) is 0.625. The van der Waals surface area contributed by atoms with Crippen molar-refractivity contribution in [2.24, 2.45) is 11.8 Å². The Morgan fingerprint density at radius 2 is 1.79 bits per heavy atom. The van der Waals surface area contributed by atoms with Gasteiger partial charge in [-0.25, -0.2) is 0 Å². The van der Waals surface area contributed by atoms with E-state index in [4.69, 9.17) is 5.73 Å². The Bertz CT molecular complexity index is 380. The maximum Gasteiger partial charge on any atom is 0.0802 e. The third-order valence-electron chi connectivity index (χ3n) is 3.98. The largest absolute Gasteiger partial charge is 0.399 e. The van der Waals surface area contributed by atoms with E-state index >= 15 is 0 Å². The molecular weight excluding hydrogens is 236 g/mol. The van der Waals surface area contributed by atoms with E-state index < -0.39 is 0 Å². The molecule has 1 aromatic carbocycles. The minimum atomic E-state index is -0.381. The highest BCUT2D eigenvalue weighted by molar-refractivity contribution is 5.39. The normalized spacial score (nSPS) is 26.3. The van der Waals surface area contributed by atoms with E-state index in [-0.39, 0.29) is 6.10 Å². The van der Waals surface area contributed by atoms with Crippen molar-refractivity contribution in [1.82, 2.24) is 4.90 Å². The molecule has 1 aromatic rings. The van der Waals surface area contributed by atoms with Crippen LogP contribution >= 0.6 is 0 Å². The summed E-state index contributed by atoms with van der Waals surface area (Å²) in [5.41, 5.74) is 7.37. The van der Waals surface area contributed by atoms with Crippen LogP contribution in [0.1, 0.15) is 38.4 Å². The Labute approximate surface area is 116 Å². The van der Waals surface area contributed by atoms with Crippen LogP contribution in [-0.4, -0.2) is 29.6 Å². The van der Waals surface area contributed by atoms with Gasteiger partial charge in [0, 0.05) is 25.3 Å². The smallest absolute Gasteiger partial charge is 0.0802 e. The SMILES string of the molecule is CC1CC(C)CN(CCC(O)c2ccc(N)cc2)C1. The molecule has 1 aliphatic heterocycles. The van der Waals surface area contributed by atoms with Gasteiger partial charge in [-0.3, -0.25) is 0 Å². The van der Waals surface area contributed by atoms with Crippen LogP contribution in [0.5, 0.6) is 0 Å². The number of rotatable bonds is 4. The highest BCUT2D eigenvalue weighted by Gasteiger charge is 2.22. The molecule has 3 unspecified atom stereocenters. The minimum absolute atomic E-state index is 0.381. The van der Waals surface area contributed by atoms with Crippen LogP contribution in [0.15, 0.2) is 24.3 Å². The summed E-state index contributed by atoms with van der Waals surface area (Å²) in [4.78, 5) is 2.49. The molecule has 3 heteroatoms. The highest BCUT2D eigenvalue weighted by atomic mass is 16.3. The molecule has 2 rings (SSSR count). The van der Waals surface area contributed by atoms with Crippen LogP contribution in [0, 0.1) is 11.8 Å². The van der Waals surface area contributed by atoms with Crippen molar-refractivity contribution in [3.63, 3.8) is 0 Å². The van der Waals surface area contributed by atoms with Crippen molar-refractivity contribution >= 4 is 5.69 Å². The molecule has 106 valence electrons. The van der Waals surface area contributed by atoms with Gasteiger partial charge in [-0.05, 0) is 42.4 Å². The minimum Gasteiger partial charge on any atom is -0.399 e. The summed E-state index contributed by atoms with van der Waals surface area (Å²) in [6, 6.07) is 7.54. The molecule has 1 saturated heterocycles. The monoisotopic (exact) mass is 262 g/mol. The van der Waals surface area contributed by atoms with Crippen LogP contribution in [-0.2, 0) is 0 Å². The van der Waals surface area contributed by atoms with E-state index in [0.717, 1.165) is 36.1 Å². The maximum absolute atomic E-state index is 10.2. The van der Waals surface area contributed by atoms with E-state index in [1.165, 1.54) is 19.5 Å². The first-order chi connectivity index (χ1) is 9.04. The van der Waals surface area contributed by atoms with E-state index in [2.05, 4.69) is 18.7 Å². The van der Waals surface area contributed by atoms with Gasteiger partial charge in [-0.15, -0.1) is 0 Å². The third kappa shape index (κ3) is 4.22. The lowest BCUT2D eigenvalue weighted by Gasteiger charge is -2.35. The second-order valence-electron chi connectivity index (χ2n) is 6.18. The molecule has 3 atom stereocenters. The summed E-state index contributed by atoms with van der Waals surface area (Å²) in [6.45, 7) is 7.94. The average molecular weight is 262 g/mol. The van der Waals surface area contributed by atoms with Gasteiger partial charge in [0.25, 0.3) is 0 Å². The molecule has 0 radical (unpaired) electrons. The lowest BCUT2D eigenvalue weighted by Crippen LogP contribution is -2.39. The Kier molecular flexibility index (Phi) is 4.83. The van der Waals surface area contributed by atoms with Crippen LogP contribution in [0.25, 0.3) is 0 Å². The standard InChI is InChI=1S/C16H26N2O/c1-12-9-13(2)11-18(10-12)8-7-16(19)14-3-5-15(17)6-4-14/h3-6,12-13,16,19H,7-11,17H2,1-2H3. The van der Waals surface area contributed by atoms with Gasteiger partial charge in [0.05, 0.1) is 6.10 Å². The molecule has 19 heavy (non-hydrogen) atoms. The zero-order chi connectivity index (χ0) is 13.8. The fourth-order valence-electron chi connectivity index (χ4n) is 3.16. The Balaban J connectivity index is 1.83. The predicted molar refractivity (Wildman–Crippen MR) is 79.8 cm³/mol. The molecule has 0 aromatic heterocycles. The number of nitrogens with two attached hydrogens (primary N) is 1. The molecule has 0 spiro atoms. The maximum atomic E-state index is 10.2. The lowest BCUT2D eigenvalue weighted by atomic mass is 9.91. The van der Waals surface area contributed by atoms with Gasteiger partial charge in [0.15, 0.2) is 0 Å². The van der Waals surface area contributed by atoms with Crippen LogP contribution < -0.4 is 5.73 Å². The van der Waals surface area contributed by atoms with Gasteiger partial charge in [0.2, 0.25) is 0 Å². The molecule has 0 bridgehead atoms. The summed E-state index contributed by atoms with van der Waals surface area (Å²) < 4.78 is 0. The Morgan fingerprint density at radius 1 is 1.21 bits per heavy atom. The zero-order valence-corrected chi connectivity index (χ0v) is 12.0. The van der Waals surface area contributed by atoms with Gasteiger partial charge < -0.3 is 15.7 Å². The second kappa shape index (κ2) is 6.40. The number of aliphatic hydroxyl groups is 1. The van der Waals surface area contributed by atoms with Crippen molar-refractivity contribution in [1.29, 1.82) is 0 Å². The highest BCUT2D eigenvalue weighted by Crippen LogP contribution is 2.23. The summed E-state index contributed by atoms with van der Waals surface area (Å²) >= 11 is 0. The van der Waals surface area contributed by atoms with Crippen LogP contribution in [0.2, 0.25) is 0 Å². The number of nitrogens with zero attached hydrogens (tertiary/aromatic N) is 1. The van der Waals surface area contributed by atoms with Crippen molar-refractivity contribution in [3.8, 4) is 0 Å². The van der Waals surface area contributed by atoms with Gasteiger partial charge in [-0.2, -0.15) is 0 Å². The number of piperidine rings is 1. The first-order valence-corrected chi connectivity index (χ1v) is 7.30. The molecule has 1 heterocycles. The Hall–Kier alpha value is -1.06. The van der Waals surface area contributed by atoms with E-state index in [1.807, 2.05) is 24.3 Å². The molecule has 1 aliphatic rings.